The lowest BCUT2D eigenvalue weighted by Gasteiger charge is -2.28. The number of imide groups is 1. The monoisotopic (exact) mass is 562 g/mol. The number of benzene rings is 3. The Hall–Kier alpha value is -4.82. The van der Waals surface area contributed by atoms with E-state index in [9.17, 15) is 19.2 Å². The quantitative estimate of drug-likeness (QED) is 0.305. The van der Waals surface area contributed by atoms with Crippen molar-refractivity contribution in [2.45, 2.75) is 32.7 Å². The minimum absolute atomic E-state index is 0.0974. The van der Waals surface area contributed by atoms with Gasteiger partial charge in [-0.3, -0.25) is 29.4 Å². The minimum Gasteiger partial charge on any atom is -0.316 e. The first-order valence-electron chi connectivity index (χ1n) is 14.2. The van der Waals surface area contributed by atoms with Crippen LogP contribution in [-0.2, 0) is 17.8 Å². The molecule has 3 aromatic carbocycles. The number of nitrogens with one attached hydrogen (secondary N) is 3. The number of aromatic nitrogens is 2. The molecule has 2 heterocycles. The van der Waals surface area contributed by atoms with Crippen LogP contribution in [0.25, 0.3) is 12.2 Å². The van der Waals surface area contributed by atoms with Gasteiger partial charge in [0.25, 0.3) is 17.0 Å². The van der Waals surface area contributed by atoms with Gasteiger partial charge in [-0.2, -0.15) is 0 Å². The second-order valence-electron chi connectivity index (χ2n) is 10.7. The standard InChI is InChI=1S/C34H34N4O4/c1-23(8-7-18-38-19-17-26-11-5-6-12-28(26)22-38)31(39)37-32(40)27-15-13-25(14-16-27)21-30-34(42)35-29(33(41)36-30)20-24-9-3-2-4-10-24/h2-6,9-16,20-21,23H,7-8,17-19,22H2,1H3,(H,35,42)(H,36,41)(H,37,39,40)/b29-20-,30-21-. The largest absolute Gasteiger partial charge is 0.316 e. The van der Waals surface area contributed by atoms with E-state index in [1.807, 2.05) is 37.3 Å². The van der Waals surface area contributed by atoms with Gasteiger partial charge in [0.05, 0.1) is 0 Å². The lowest BCUT2D eigenvalue weighted by atomic mass is 9.99. The number of H-pyrrole nitrogens is 2. The Morgan fingerprint density at radius 3 is 2.10 bits per heavy atom. The molecule has 0 aliphatic carbocycles. The Balaban J connectivity index is 1.15. The summed E-state index contributed by atoms with van der Waals surface area (Å²) < 4.78 is 0. The van der Waals surface area contributed by atoms with Crippen LogP contribution in [0.15, 0.2) is 88.5 Å². The van der Waals surface area contributed by atoms with Gasteiger partial charge >= 0.3 is 0 Å². The van der Waals surface area contributed by atoms with E-state index >= 15 is 0 Å². The average molecular weight is 563 g/mol. The summed E-state index contributed by atoms with van der Waals surface area (Å²) in [5, 5.41) is 2.76. The number of carbonyl (C=O) groups excluding carboxylic acids is 2. The molecular formula is C34H34N4O4. The molecule has 5 rings (SSSR count). The van der Waals surface area contributed by atoms with Crippen molar-refractivity contribution < 1.29 is 9.59 Å². The van der Waals surface area contributed by atoms with Crippen molar-refractivity contribution in [3.05, 3.63) is 138 Å². The second kappa shape index (κ2) is 13.2. The normalized spacial score (nSPS) is 14.8. The molecule has 2 amide bonds. The van der Waals surface area contributed by atoms with Crippen molar-refractivity contribution in [2.24, 2.45) is 5.92 Å². The van der Waals surface area contributed by atoms with E-state index in [2.05, 4.69) is 44.5 Å². The lowest BCUT2D eigenvalue weighted by Crippen LogP contribution is -2.46. The number of hydrogen-bond donors (Lipinski definition) is 3. The number of fused-ring (bicyclic) bond motifs is 1. The van der Waals surface area contributed by atoms with Gasteiger partial charge in [0.1, 0.15) is 10.7 Å². The summed E-state index contributed by atoms with van der Waals surface area (Å²) in [7, 11) is 0. The predicted molar refractivity (Wildman–Crippen MR) is 163 cm³/mol. The summed E-state index contributed by atoms with van der Waals surface area (Å²) >= 11 is 0. The number of hydrogen-bond acceptors (Lipinski definition) is 5. The summed E-state index contributed by atoms with van der Waals surface area (Å²) in [6.07, 6.45) is 5.75. The highest BCUT2D eigenvalue weighted by molar-refractivity contribution is 6.05. The van der Waals surface area contributed by atoms with E-state index < -0.39 is 17.0 Å². The summed E-state index contributed by atoms with van der Waals surface area (Å²) in [5.74, 6) is -1.06. The van der Waals surface area contributed by atoms with Gasteiger partial charge in [-0.25, -0.2) is 0 Å². The zero-order valence-electron chi connectivity index (χ0n) is 23.6. The van der Waals surface area contributed by atoms with E-state index in [0.717, 1.165) is 38.0 Å². The summed E-state index contributed by atoms with van der Waals surface area (Å²) in [4.78, 5) is 58.1. The third-order valence-corrected chi connectivity index (χ3v) is 7.59. The van der Waals surface area contributed by atoms with E-state index in [4.69, 9.17) is 0 Å². The Morgan fingerprint density at radius 2 is 1.43 bits per heavy atom. The molecule has 1 aliphatic heterocycles. The molecule has 0 fully saturated rings. The maximum Gasteiger partial charge on any atom is 0.272 e. The SMILES string of the molecule is CC(CCCN1CCc2ccccc2C1)C(=O)NC(=O)c1ccc(/C=c2\[nH]c(=O)/c(=C/c3ccccc3)[nH]c2=O)cc1. The molecule has 0 saturated carbocycles. The fourth-order valence-electron chi connectivity index (χ4n) is 5.11. The Kier molecular flexibility index (Phi) is 9.04. The van der Waals surface area contributed by atoms with Gasteiger partial charge in [-0.05, 0) is 72.3 Å². The van der Waals surface area contributed by atoms with E-state index in [1.54, 1.807) is 30.3 Å². The molecule has 1 atom stereocenters. The smallest absolute Gasteiger partial charge is 0.272 e. The third-order valence-electron chi connectivity index (χ3n) is 7.59. The van der Waals surface area contributed by atoms with Crippen LogP contribution in [0.1, 0.15) is 52.4 Å². The van der Waals surface area contributed by atoms with Crippen LogP contribution in [0.4, 0.5) is 0 Å². The molecule has 42 heavy (non-hydrogen) atoms. The Morgan fingerprint density at radius 1 is 0.833 bits per heavy atom. The summed E-state index contributed by atoms with van der Waals surface area (Å²) in [6.45, 7) is 4.71. The molecule has 8 nitrogen and oxygen atoms in total. The van der Waals surface area contributed by atoms with E-state index in [-0.39, 0.29) is 22.5 Å². The number of nitrogens with zero attached hydrogens (tertiary/aromatic N) is 1. The van der Waals surface area contributed by atoms with Crippen LogP contribution in [0.3, 0.4) is 0 Å². The highest BCUT2D eigenvalue weighted by Crippen LogP contribution is 2.19. The second-order valence-corrected chi connectivity index (χ2v) is 10.7. The molecule has 0 spiro atoms. The maximum absolute atomic E-state index is 12.7. The molecule has 0 saturated heterocycles. The third kappa shape index (κ3) is 7.27. The molecule has 0 bridgehead atoms. The van der Waals surface area contributed by atoms with Crippen LogP contribution < -0.4 is 27.1 Å². The number of rotatable bonds is 8. The molecule has 214 valence electrons. The van der Waals surface area contributed by atoms with Crippen molar-refractivity contribution in [1.29, 1.82) is 0 Å². The molecule has 8 heteroatoms. The molecule has 3 N–H and O–H groups in total. The van der Waals surface area contributed by atoms with Gasteiger partial charge in [0, 0.05) is 24.6 Å². The van der Waals surface area contributed by atoms with Crippen LogP contribution in [0.2, 0.25) is 0 Å². The van der Waals surface area contributed by atoms with Crippen LogP contribution >= 0.6 is 0 Å². The van der Waals surface area contributed by atoms with Crippen molar-refractivity contribution in [1.82, 2.24) is 20.2 Å². The van der Waals surface area contributed by atoms with E-state index in [0.29, 0.717) is 17.5 Å². The number of carbonyl (C=O) groups is 2. The predicted octanol–water partition coefficient (Wildman–Crippen LogP) is 2.45. The Bertz CT molecular complexity index is 1810. The van der Waals surface area contributed by atoms with Crippen LogP contribution in [0.5, 0.6) is 0 Å². The first-order chi connectivity index (χ1) is 20.4. The Labute approximate surface area is 243 Å². The zero-order valence-corrected chi connectivity index (χ0v) is 23.6. The van der Waals surface area contributed by atoms with Gasteiger partial charge in [0.2, 0.25) is 5.91 Å². The number of aromatic amines is 2. The first kappa shape index (κ1) is 28.7. The van der Waals surface area contributed by atoms with Crippen molar-refractivity contribution >= 4 is 24.0 Å². The fraction of sp³-hybridized carbons (Fsp3) is 0.235. The van der Waals surface area contributed by atoms with Gasteiger partial charge in [-0.1, -0.05) is 73.7 Å². The average Bonchev–Trinajstić information content (AvgIpc) is 3.00. The van der Waals surface area contributed by atoms with Crippen molar-refractivity contribution in [3.8, 4) is 0 Å². The minimum atomic E-state index is -0.474. The molecule has 4 aromatic rings. The van der Waals surface area contributed by atoms with Gasteiger partial charge < -0.3 is 9.97 Å². The van der Waals surface area contributed by atoms with Crippen molar-refractivity contribution in [3.63, 3.8) is 0 Å². The van der Waals surface area contributed by atoms with Crippen LogP contribution in [-0.4, -0.2) is 39.8 Å². The summed E-state index contributed by atoms with van der Waals surface area (Å²) in [5.41, 5.74) is 3.67. The summed E-state index contributed by atoms with van der Waals surface area (Å²) in [6, 6.07) is 24.2. The molecule has 0 radical (unpaired) electrons. The number of amides is 2. The molecule has 1 aliphatic rings. The maximum atomic E-state index is 12.7. The molecule has 1 unspecified atom stereocenters. The van der Waals surface area contributed by atoms with Gasteiger partial charge in [-0.15, -0.1) is 0 Å². The lowest BCUT2D eigenvalue weighted by molar-refractivity contribution is -0.123. The van der Waals surface area contributed by atoms with Gasteiger partial charge in [0.15, 0.2) is 0 Å². The van der Waals surface area contributed by atoms with Crippen molar-refractivity contribution in [2.75, 3.05) is 13.1 Å². The zero-order chi connectivity index (χ0) is 29.5. The first-order valence-corrected chi connectivity index (χ1v) is 14.2. The topological polar surface area (TPSA) is 115 Å². The molecule has 1 aromatic heterocycles. The van der Waals surface area contributed by atoms with Crippen LogP contribution in [0, 0.1) is 5.92 Å². The van der Waals surface area contributed by atoms with E-state index in [1.165, 1.54) is 17.2 Å². The molecular weight excluding hydrogens is 528 g/mol. The highest BCUT2D eigenvalue weighted by atomic mass is 16.2. The fourth-order valence-corrected chi connectivity index (χ4v) is 5.11. The highest BCUT2D eigenvalue weighted by Gasteiger charge is 2.19.